The van der Waals surface area contributed by atoms with E-state index < -0.39 is 12.0 Å². The molecule has 1 aromatic heterocycles. The number of nitrogen functional groups attached to an aromatic ring is 1. The van der Waals surface area contributed by atoms with Crippen molar-refractivity contribution in [2.24, 2.45) is 5.73 Å². The van der Waals surface area contributed by atoms with Crippen LogP contribution < -0.4 is 16.8 Å². The number of anilines is 2. The molecule has 2 rings (SSSR count). The molecule has 1 aromatic carbocycles. The lowest BCUT2D eigenvalue weighted by molar-refractivity contribution is -0.125. The first-order chi connectivity index (χ1) is 8.99. The molecule has 1 unspecified atom stereocenters. The number of nitrogens with two attached hydrogens (primary N) is 2. The van der Waals surface area contributed by atoms with Crippen LogP contribution in [0.1, 0.15) is 0 Å². The fourth-order valence-electron chi connectivity index (χ4n) is 1.68. The van der Waals surface area contributed by atoms with E-state index in [-0.39, 0.29) is 6.54 Å². The van der Waals surface area contributed by atoms with Gasteiger partial charge in [0.05, 0.1) is 23.1 Å². The van der Waals surface area contributed by atoms with Gasteiger partial charge in [-0.2, -0.15) is 0 Å². The number of primary amides is 1. The Morgan fingerprint density at radius 1 is 1.53 bits per heavy atom. The smallest absolute Gasteiger partial charge is 0.248 e. The van der Waals surface area contributed by atoms with Crippen LogP contribution in [0.4, 0.5) is 11.4 Å². The Balaban J connectivity index is 2.38. The van der Waals surface area contributed by atoms with E-state index in [2.05, 4.69) is 26.2 Å². The van der Waals surface area contributed by atoms with Gasteiger partial charge in [0, 0.05) is 16.4 Å². The van der Waals surface area contributed by atoms with Crippen molar-refractivity contribution >= 4 is 44.1 Å². The second kappa shape index (κ2) is 5.41. The zero-order chi connectivity index (χ0) is 14.0. The third-order valence-electron chi connectivity index (χ3n) is 2.66. The molecule has 2 aromatic rings. The molecule has 19 heavy (non-hydrogen) atoms. The molecule has 1 amide bonds. The normalized spacial score (nSPS) is 12.3. The summed E-state index contributed by atoms with van der Waals surface area (Å²) in [6.45, 7) is -0.00877. The molecular weight excluding hydrogens is 312 g/mol. The number of benzene rings is 1. The molecule has 6 N–H and O–H groups in total. The lowest BCUT2D eigenvalue weighted by atomic mass is 10.1. The maximum absolute atomic E-state index is 10.8. The van der Waals surface area contributed by atoms with E-state index in [1.54, 1.807) is 0 Å². The zero-order valence-corrected chi connectivity index (χ0v) is 11.5. The number of pyridine rings is 1. The van der Waals surface area contributed by atoms with E-state index in [9.17, 15) is 9.90 Å². The molecule has 0 aliphatic rings. The number of nitrogens with one attached hydrogen (secondary N) is 1. The monoisotopic (exact) mass is 324 g/mol. The van der Waals surface area contributed by atoms with Crippen LogP contribution in [0.5, 0.6) is 0 Å². The summed E-state index contributed by atoms with van der Waals surface area (Å²) in [6.07, 6.45) is 0.254. The Labute approximate surface area is 117 Å². The van der Waals surface area contributed by atoms with E-state index in [1.165, 1.54) is 6.20 Å². The van der Waals surface area contributed by atoms with Gasteiger partial charge in [-0.15, -0.1) is 0 Å². The quantitative estimate of drug-likeness (QED) is 0.665. The highest BCUT2D eigenvalue weighted by molar-refractivity contribution is 9.10. The maximum atomic E-state index is 10.8. The Bertz CT molecular complexity index is 627. The van der Waals surface area contributed by atoms with Gasteiger partial charge in [-0.25, -0.2) is 0 Å². The molecule has 0 aliphatic carbocycles. The van der Waals surface area contributed by atoms with Gasteiger partial charge in [-0.3, -0.25) is 9.78 Å². The van der Waals surface area contributed by atoms with E-state index in [0.717, 1.165) is 15.4 Å². The number of hydrogen-bond donors (Lipinski definition) is 4. The van der Waals surface area contributed by atoms with Crippen LogP contribution >= 0.6 is 15.9 Å². The Morgan fingerprint density at radius 3 is 2.95 bits per heavy atom. The Hall–Kier alpha value is -1.86. The summed E-state index contributed by atoms with van der Waals surface area (Å²) in [4.78, 5) is 15.0. The average molecular weight is 325 g/mol. The van der Waals surface area contributed by atoms with Crippen LogP contribution in [0.25, 0.3) is 10.9 Å². The van der Waals surface area contributed by atoms with Crippen molar-refractivity contribution < 1.29 is 9.90 Å². The third kappa shape index (κ3) is 2.94. The molecule has 1 atom stereocenters. The summed E-state index contributed by atoms with van der Waals surface area (Å²) in [5.41, 5.74) is 12.7. The topological polar surface area (TPSA) is 114 Å². The second-order valence-corrected chi connectivity index (χ2v) is 4.96. The summed E-state index contributed by atoms with van der Waals surface area (Å²) in [5, 5.41) is 13.1. The average Bonchev–Trinajstić information content (AvgIpc) is 2.37. The van der Waals surface area contributed by atoms with Crippen molar-refractivity contribution in [3.8, 4) is 0 Å². The van der Waals surface area contributed by atoms with Crippen molar-refractivity contribution in [2.45, 2.75) is 6.10 Å². The number of carbonyl (C=O) groups is 1. The number of halogens is 1. The fourth-order valence-corrected chi connectivity index (χ4v) is 2.04. The first-order valence-electron chi connectivity index (χ1n) is 5.54. The van der Waals surface area contributed by atoms with Crippen molar-refractivity contribution in [2.75, 3.05) is 17.6 Å². The molecule has 0 fully saturated rings. The number of hydrogen-bond acceptors (Lipinski definition) is 5. The van der Waals surface area contributed by atoms with Crippen LogP contribution in [0.15, 0.2) is 28.9 Å². The molecule has 0 spiro atoms. The largest absolute Gasteiger partial charge is 0.396 e. The van der Waals surface area contributed by atoms with E-state index in [1.807, 2.05) is 18.2 Å². The second-order valence-electron chi connectivity index (χ2n) is 4.05. The van der Waals surface area contributed by atoms with E-state index in [4.69, 9.17) is 11.5 Å². The predicted octanol–water partition coefficient (Wildman–Crippen LogP) is 0.838. The number of nitrogens with zero attached hydrogens (tertiary/aromatic N) is 1. The zero-order valence-electron chi connectivity index (χ0n) is 9.93. The van der Waals surface area contributed by atoms with Crippen molar-refractivity contribution in [1.29, 1.82) is 0 Å². The minimum atomic E-state index is -1.27. The molecule has 0 aliphatic heterocycles. The first-order valence-corrected chi connectivity index (χ1v) is 6.33. The van der Waals surface area contributed by atoms with Gasteiger partial charge >= 0.3 is 0 Å². The van der Waals surface area contributed by atoms with Gasteiger partial charge < -0.3 is 21.9 Å². The van der Waals surface area contributed by atoms with Crippen LogP contribution in [-0.2, 0) is 4.79 Å². The number of aliphatic hydroxyl groups excluding tert-OH is 1. The van der Waals surface area contributed by atoms with Crippen molar-refractivity contribution in [1.82, 2.24) is 4.98 Å². The van der Waals surface area contributed by atoms with Crippen molar-refractivity contribution in [3.63, 3.8) is 0 Å². The predicted molar refractivity (Wildman–Crippen MR) is 77.5 cm³/mol. The number of amides is 1. The summed E-state index contributed by atoms with van der Waals surface area (Å²) >= 11 is 3.37. The minimum absolute atomic E-state index is 0.00877. The molecule has 7 heteroatoms. The lowest BCUT2D eigenvalue weighted by Crippen LogP contribution is -2.34. The molecule has 0 saturated carbocycles. The van der Waals surface area contributed by atoms with Gasteiger partial charge in [0.15, 0.2) is 0 Å². The molecular formula is C12H13BrN4O2. The van der Waals surface area contributed by atoms with Crippen LogP contribution in [0.3, 0.4) is 0 Å². The van der Waals surface area contributed by atoms with Crippen LogP contribution in [0.2, 0.25) is 0 Å². The van der Waals surface area contributed by atoms with Crippen molar-refractivity contribution in [3.05, 3.63) is 28.9 Å². The maximum Gasteiger partial charge on any atom is 0.248 e. The van der Waals surface area contributed by atoms with Gasteiger partial charge in [0.2, 0.25) is 5.91 Å². The summed E-state index contributed by atoms with van der Waals surface area (Å²) in [7, 11) is 0. The summed E-state index contributed by atoms with van der Waals surface area (Å²) in [5.74, 6) is -0.786. The van der Waals surface area contributed by atoms with E-state index in [0.29, 0.717) is 11.4 Å². The summed E-state index contributed by atoms with van der Waals surface area (Å²) in [6, 6.07) is 5.57. The molecule has 0 saturated heterocycles. The van der Waals surface area contributed by atoms with Crippen LogP contribution in [0, 0.1) is 0 Å². The standard InChI is InChI=1S/C12H13BrN4O2/c13-6-1-2-9-7(3-6)11(8(14)4-16-9)17-5-10(18)12(15)19/h1-4,10,18H,5,14H2,(H2,15,19)(H,16,17). The number of rotatable bonds is 4. The Kier molecular flexibility index (Phi) is 3.87. The van der Waals surface area contributed by atoms with Gasteiger partial charge in [0.1, 0.15) is 6.10 Å². The third-order valence-corrected chi connectivity index (χ3v) is 3.15. The highest BCUT2D eigenvalue weighted by atomic mass is 79.9. The highest BCUT2D eigenvalue weighted by Gasteiger charge is 2.13. The molecule has 0 radical (unpaired) electrons. The fraction of sp³-hybridized carbons (Fsp3) is 0.167. The molecule has 1 heterocycles. The van der Waals surface area contributed by atoms with Crippen LogP contribution in [-0.4, -0.2) is 28.6 Å². The molecule has 100 valence electrons. The number of aromatic nitrogens is 1. The van der Waals surface area contributed by atoms with Gasteiger partial charge in [0.25, 0.3) is 0 Å². The number of carbonyl (C=O) groups excluding carboxylic acids is 1. The molecule has 0 bridgehead atoms. The first kappa shape index (κ1) is 13.6. The SMILES string of the molecule is NC(=O)C(O)CNc1c(N)cnc2ccc(Br)cc12. The number of fused-ring (bicyclic) bond motifs is 1. The Morgan fingerprint density at radius 2 is 2.26 bits per heavy atom. The molecule has 6 nitrogen and oxygen atoms in total. The summed E-state index contributed by atoms with van der Waals surface area (Å²) < 4.78 is 0.880. The van der Waals surface area contributed by atoms with Gasteiger partial charge in [-0.05, 0) is 18.2 Å². The lowest BCUT2D eigenvalue weighted by Gasteiger charge is -2.14. The minimum Gasteiger partial charge on any atom is -0.396 e. The van der Waals surface area contributed by atoms with E-state index >= 15 is 0 Å². The van der Waals surface area contributed by atoms with Gasteiger partial charge in [-0.1, -0.05) is 15.9 Å². The highest BCUT2D eigenvalue weighted by Crippen LogP contribution is 2.29. The number of aliphatic hydroxyl groups is 1.